The molecule has 0 aliphatic heterocycles. The van der Waals surface area contributed by atoms with Crippen LogP contribution in [0.15, 0.2) is 48.6 Å². The first-order valence-electron chi connectivity index (χ1n) is 7.54. The van der Waals surface area contributed by atoms with Crippen LogP contribution in [0.25, 0.3) is 0 Å². The molecule has 1 rings (SSSR count). The van der Waals surface area contributed by atoms with Crippen molar-refractivity contribution in [2.75, 3.05) is 0 Å². The number of hydrogen-bond acceptors (Lipinski definition) is 0. The second-order valence-corrected chi connectivity index (χ2v) is 5.85. The molecule has 0 nitrogen and oxygen atoms in total. The van der Waals surface area contributed by atoms with Crippen molar-refractivity contribution in [3.05, 3.63) is 48.6 Å². The summed E-state index contributed by atoms with van der Waals surface area (Å²) in [7, 11) is 0. The molecule has 0 saturated carbocycles. The molecule has 1 aromatic rings. The molecule has 0 aliphatic rings. The van der Waals surface area contributed by atoms with E-state index < -0.39 is 0 Å². The van der Waals surface area contributed by atoms with Gasteiger partial charge < -0.3 is 0 Å². The molecule has 0 amide bonds. The fourth-order valence-corrected chi connectivity index (χ4v) is 0.920. The molecular weight excluding hydrogens is 228 g/mol. The smallest absolute Gasteiger partial charge is 0.0323 e. The summed E-state index contributed by atoms with van der Waals surface area (Å²) < 4.78 is 0. The highest BCUT2D eigenvalue weighted by atomic mass is 14.0. The first kappa shape index (κ1) is 20.3. The van der Waals surface area contributed by atoms with E-state index in [-0.39, 0.29) is 0 Å². The molecule has 0 fully saturated rings. The van der Waals surface area contributed by atoms with Gasteiger partial charge in [0, 0.05) is 0 Å². The third-order valence-electron chi connectivity index (χ3n) is 2.63. The molecule has 0 saturated heterocycles. The van der Waals surface area contributed by atoms with Crippen molar-refractivity contribution < 1.29 is 0 Å². The summed E-state index contributed by atoms with van der Waals surface area (Å²) >= 11 is 0. The highest BCUT2D eigenvalue weighted by molar-refractivity contribution is 4.99. The highest BCUT2D eigenvalue weighted by Crippen LogP contribution is 2.07. The van der Waals surface area contributed by atoms with Gasteiger partial charge in [-0.15, -0.1) is 6.58 Å². The Balaban J connectivity index is 0. The lowest BCUT2D eigenvalue weighted by Gasteiger charge is -2.01. The van der Waals surface area contributed by atoms with Gasteiger partial charge in [0.25, 0.3) is 0 Å². The Kier molecular flexibility index (Phi) is 16.0. The summed E-state index contributed by atoms with van der Waals surface area (Å²) in [6.07, 6.45) is 3.78. The van der Waals surface area contributed by atoms with Crippen molar-refractivity contribution >= 4 is 0 Å². The van der Waals surface area contributed by atoms with Gasteiger partial charge in [0.05, 0.1) is 0 Å². The van der Waals surface area contributed by atoms with Crippen LogP contribution in [-0.4, -0.2) is 0 Å². The number of benzene rings is 1. The van der Waals surface area contributed by atoms with Crippen molar-refractivity contribution in [3.63, 3.8) is 0 Å². The third kappa shape index (κ3) is 26.5. The zero-order valence-electron chi connectivity index (χ0n) is 13.9. The molecule has 0 radical (unpaired) electrons. The van der Waals surface area contributed by atoms with Crippen molar-refractivity contribution in [3.8, 4) is 0 Å². The maximum absolute atomic E-state index is 3.83. The van der Waals surface area contributed by atoms with Gasteiger partial charge in [-0.1, -0.05) is 83.0 Å². The Morgan fingerprint density at radius 2 is 1.16 bits per heavy atom. The molecule has 0 heteroatoms. The Labute approximate surface area is 121 Å². The quantitative estimate of drug-likeness (QED) is 0.527. The monoisotopic (exact) mass is 262 g/mol. The van der Waals surface area contributed by atoms with Crippen molar-refractivity contribution in [2.24, 2.45) is 11.8 Å². The molecule has 0 spiro atoms. The summed E-state index contributed by atoms with van der Waals surface area (Å²) in [5.41, 5.74) is 1.30. The molecular formula is C19H34. The molecule has 0 N–H and O–H groups in total. The fourth-order valence-electron chi connectivity index (χ4n) is 0.920. The first-order valence-corrected chi connectivity index (χ1v) is 7.54. The predicted octanol–water partition coefficient (Wildman–Crippen LogP) is 6.74. The largest absolute Gasteiger partial charge is 0.100 e. The van der Waals surface area contributed by atoms with Gasteiger partial charge in [-0.05, 0) is 31.6 Å². The Morgan fingerprint density at radius 3 is 1.26 bits per heavy atom. The van der Waals surface area contributed by atoms with Crippen LogP contribution < -0.4 is 0 Å². The van der Waals surface area contributed by atoms with Crippen molar-refractivity contribution in [2.45, 2.75) is 60.8 Å². The molecule has 110 valence electrons. The molecule has 0 atom stereocenters. The SMILES string of the molecule is C=C(C)CCC(C)C.CCC(C)C.c1ccccc1. The van der Waals surface area contributed by atoms with Crippen LogP contribution in [0.2, 0.25) is 0 Å². The lowest BCUT2D eigenvalue weighted by atomic mass is 10.1. The minimum atomic E-state index is 0.826. The third-order valence-corrected chi connectivity index (χ3v) is 2.63. The van der Waals surface area contributed by atoms with Crippen LogP contribution in [0.4, 0.5) is 0 Å². The van der Waals surface area contributed by atoms with Gasteiger partial charge >= 0.3 is 0 Å². The molecule has 1 aromatic carbocycles. The molecule has 0 heterocycles. The molecule has 0 aliphatic carbocycles. The summed E-state index contributed by atoms with van der Waals surface area (Å²) in [6, 6.07) is 12.0. The van der Waals surface area contributed by atoms with E-state index in [1.54, 1.807) is 0 Å². The second-order valence-electron chi connectivity index (χ2n) is 5.85. The highest BCUT2D eigenvalue weighted by Gasteiger charge is 1.91. The van der Waals surface area contributed by atoms with Crippen LogP contribution >= 0.6 is 0 Å². The van der Waals surface area contributed by atoms with Gasteiger partial charge in [0.1, 0.15) is 0 Å². The topological polar surface area (TPSA) is 0 Å². The van der Waals surface area contributed by atoms with Crippen LogP contribution in [0.3, 0.4) is 0 Å². The van der Waals surface area contributed by atoms with E-state index in [0.717, 1.165) is 11.8 Å². The van der Waals surface area contributed by atoms with Gasteiger partial charge in [-0.3, -0.25) is 0 Å². The first-order chi connectivity index (χ1) is 8.90. The van der Waals surface area contributed by atoms with E-state index in [1.807, 2.05) is 36.4 Å². The summed E-state index contributed by atoms with van der Waals surface area (Å²) in [5, 5.41) is 0. The van der Waals surface area contributed by atoms with E-state index >= 15 is 0 Å². The van der Waals surface area contributed by atoms with E-state index in [1.165, 1.54) is 24.8 Å². The maximum atomic E-state index is 3.83. The molecule has 0 unspecified atom stereocenters. The standard InChI is InChI=1S/C8H16.C6H6.C5H12/c1-7(2)5-6-8(3)4;1-2-4-6-5-3-1;1-4-5(2)3/h8H,1,5-6H2,2-4H3;1-6H;5H,4H2,1-3H3. The maximum Gasteiger partial charge on any atom is -0.0323 e. The van der Waals surface area contributed by atoms with E-state index in [9.17, 15) is 0 Å². The van der Waals surface area contributed by atoms with Gasteiger partial charge in [0.2, 0.25) is 0 Å². The number of allylic oxidation sites excluding steroid dienone is 1. The van der Waals surface area contributed by atoms with Gasteiger partial charge in [-0.2, -0.15) is 0 Å². The van der Waals surface area contributed by atoms with Crippen molar-refractivity contribution in [1.82, 2.24) is 0 Å². The van der Waals surface area contributed by atoms with E-state index in [4.69, 9.17) is 0 Å². The minimum absolute atomic E-state index is 0.826. The number of rotatable bonds is 4. The zero-order valence-corrected chi connectivity index (χ0v) is 13.9. The molecule has 0 bridgehead atoms. The average Bonchev–Trinajstić information content (AvgIpc) is 2.40. The van der Waals surface area contributed by atoms with Crippen molar-refractivity contribution in [1.29, 1.82) is 0 Å². The summed E-state index contributed by atoms with van der Waals surface area (Å²) in [5.74, 6) is 1.71. The predicted molar refractivity (Wildman–Crippen MR) is 90.5 cm³/mol. The van der Waals surface area contributed by atoms with E-state index in [0.29, 0.717) is 0 Å². The number of hydrogen-bond donors (Lipinski definition) is 0. The molecule has 19 heavy (non-hydrogen) atoms. The van der Waals surface area contributed by atoms with Crippen LogP contribution in [0.1, 0.15) is 60.8 Å². The molecule has 0 aromatic heterocycles. The van der Waals surface area contributed by atoms with Gasteiger partial charge in [0.15, 0.2) is 0 Å². The van der Waals surface area contributed by atoms with Crippen LogP contribution in [0, 0.1) is 11.8 Å². The summed E-state index contributed by atoms with van der Waals surface area (Å²) in [4.78, 5) is 0. The minimum Gasteiger partial charge on any atom is -0.100 e. The normalized spacial score (nSPS) is 9.26. The lowest BCUT2D eigenvalue weighted by Crippen LogP contribution is -1.85. The van der Waals surface area contributed by atoms with E-state index in [2.05, 4.69) is 48.1 Å². The summed E-state index contributed by atoms with van der Waals surface area (Å²) in [6.45, 7) is 17.0. The Bertz CT molecular complexity index is 243. The average molecular weight is 262 g/mol. The fraction of sp³-hybridized carbons (Fsp3) is 0.579. The van der Waals surface area contributed by atoms with Crippen LogP contribution in [-0.2, 0) is 0 Å². The Morgan fingerprint density at radius 1 is 0.842 bits per heavy atom. The van der Waals surface area contributed by atoms with Crippen LogP contribution in [0.5, 0.6) is 0 Å². The Hall–Kier alpha value is -1.04. The zero-order chi connectivity index (χ0) is 15.1. The van der Waals surface area contributed by atoms with Gasteiger partial charge in [-0.25, -0.2) is 0 Å². The lowest BCUT2D eigenvalue weighted by molar-refractivity contribution is 0.585. The second kappa shape index (κ2) is 15.0.